The Kier molecular flexibility index (Phi) is 7.71. The molecular weight excluding hydrogens is 411 g/mol. The van der Waals surface area contributed by atoms with Gasteiger partial charge in [0.05, 0.1) is 19.6 Å². The summed E-state index contributed by atoms with van der Waals surface area (Å²) in [4.78, 5) is 27.6. The highest BCUT2D eigenvalue weighted by atomic mass is 32.1. The Balaban J connectivity index is 2.11. The number of nitrogens with one attached hydrogen (secondary N) is 1. The number of esters is 1. The lowest BCUT2D eigenvalue weighted by Gasteiger charge is -2.10. The van der Waals surface area contributed by atoms with E-state index in [1.165, 1.54) is 29.6 Å². The summed E-state index contributed by atoms with van der Waals surface area (Å²) in [5, 5.41) is 4.58. The van der Waals surface area contributed by atoms with Crippen molar-refractivity contribution in [3.63, 3.8) is 0 Å². The number of alkyl halides is 3. The van der Waals surface area contributed by atoms with E-state index >= 15 is 0 Å². The molecule has 29 heavy (non-hydrogen) atoms. The van der Waals surface area contributed by atoms with Crippen LogP contribution < -0.4 is 10.2 Å². The Labute approximate surface area is 168 Å². The number of rotatable bonds is 9. The predicted octanol–water partition coefficient (Wildman–Crippen LogP) is 4.32. The van der Waals surface area contributed by atoms with Crippen LogP contribution in [0, 0.1) is 0 Å². The molecule has 0 aliphatic heterocycles. The molecule has 0 spiro atoms. The van der Waals surface area contributed by atoms with Crippen molar-refractivity contribution >= 4 is 33.9 Å². The number of benzene rings is 1. The minimum Gasteiger partial charge on any atom is -0.494 e. The van der Waals surface area contributed by atoms with Crippen LogP contribution in [-0.2, 0) is 4.74 Å². The SMILES string of the molecule is CCOC(=O)c1csc(N/N=C(\CC(=O)c2ccc(OCC)cc2)C(F)(F)F)n1. The van der Waals surface area contributed by atoms with Crippen LogP contribution in [0.5, 0.6) is 5.75 Å². The van der Waals surface area contributed by atoms with E-state index in [2.05, 4.69) is 15.5 Å². The van der Waals surface area contributed by atoms with E-state index in [9.17, 15) is 22.8 Å². The van der Waals surface area contributed by atoms with Crippen LogP contribution >= 0.6 is 11.3 Å². The molecule has 0 atom stereocenters. The predicted molar refractivity (Wildman–Crippen MR) is 102 cm³/mol. The second kappa shape index (κ2) is 10.0. The topological polar surface area (TPSA) is 89.9 Å². The molecule has 0 fully saturated rings. The van der Waals surface area contributed by atoms with Gasteiger partial charge in [0, 0.05) is 10.9 Å². The van der Waals surface area contributed by atoms with Crippen LogP contribution in [0.4, 0.5) is 18.3 Å². The van der Waals surface area contributed by atoms with Crippen molar-refractivity contribution in [1.82, 2.24) is 4.98 Å². The molecule has 0 amide bonds. The molecule has 1 aromatic heterocycles. The number of carbonyl (C=O) groups is 2. The smallest absolute Gasteiger partial charge is 0.431 e. The van der Waals surface area contributed by atoms with Gasteiger partial charge >= 0.3 is 12.1 Å². The highest BCUT2D eigenvalue weighted by Crippen LogP contribution is 2.23. The molecule has 1 N–H and O–H groups in total. The Hall–Kier alpha value is -2.95. The van der Waals surface area contributed by atoms with Gasteiger partial charge < -0.3 is 9.47 Å². The van der Waals surface area contributed by atoms with Crippen LogP contribution in [0.25, 0.3) is 0 Å². The summed E-state index contributed by atoms with van der Waals surface area (Å²) in [6.45, 7) is 3.97. The summed E-state index contributed by atoms with van der Waals surface area (Å²) in [5.41, 5.74) is 0.885. The van der Waals surface area contributed by atoms with Crippen LogP contribution in [-0.4, -0.2) is 41.8 Å². The third-order valence-corrected chi connectivity index (χ3v) is 4.16. The van der Waals surface area contributed by atoms with Crippen LogP contribution in [0.3, 0.4) is 0 Å². The van der Waals surface area contributed by atoms with E-state index in [1.54, 1.807) is 13.8 Å². The maximum Gasteiger partial charge on any atom is 0.431 e. The lowest BCUT2D eigenvalue weighted by Crippen LogP contribution is -2.27. The fourth-order valence-corrected chi connectivity index (χ4v) is 2.72. The Morgan fingerprint density at radius 1 is 1.17 bits per heavy atom. The fraction of sp³-hybridized carbons (Fsp3) is 0.333. The summed E-state index contributed by atoms with van der Waals surface area (Å²) < 4.78 is 49.8. The van der Waals surface area contributed by atoms with Crippen LogP contribution in [0.2, 0.25) is 0 Å². The number of nitrogens with zero attached hydrogens (tertiary/aromatic N) is 2. The molecule has 0 radical (unpaired) electrons. The number of Topliss-reactive ketones (excluding diaryl/α,β-unsaturated/α-hetero) is 1. The van der Waals surface area contributed by atoms with Gasteiger partial charge in [0.1, 0.15) is 11.5 Å². The van der Waals surface area contributed by atoms with Gasteiger partial charge in [-0.05, 0) is 38.1 Å². The van der Waals surface area contributed by atoms with Crippen LogP contribution in [0.15, 0.2) is 34.7 Å². The van der Waals surface area contributed by atoms with Gasteiger partial charge in [0.25, 0.3) is 0 Å². The first kappa shape index (κ1) is 22.3. The van der Waals surface area contributed by atoms with Crippen molar-refractivity contribution in [2.24, 2.45) is 5.10 Å². The van der Waals surface area contributed by atoms with Crippen molar-refractivity contribution < 1.29 is 32.2 Å². The summed E-state index contributed by atoms with van der Waals surface area (Å²) in [5.74, 6) is -0.934. The average Bonchev–Trinajstić information content (AvgIpc) is 3.14. The number of hydrogen-bond acceptors (Lipinski definition) is 8. The lowest BCUT2D eigenvalue weighted by atomic mass is 10.1. The van der Waals surface area contributed by atoms with Gasteiger partial charge in [-0.15, -0.1) is 11.3 Å². The molecule has 1 aromatic carbocycles. The van der Waals surface area contributed by atoms with Crippen molar-refractivity contribution in [2.75, 3.05) is 18.6 Å². The van der Waals surface area contributed by atoms with E-state index in [-0.39, 0.29) is 23.0 Å². The number of aromatic nitrogens is 1. The first-order chi connectivity index (χ1) is 13.7. The number of hydrazone groups is 1. The van der Waals surface area contributed by atoms with Gasteiger partial charge in [-0.1, -0.05) is 0 Å². The van der Waals surface area contributed by atoms with E-state index < -0.39 is 30.1 Å². The fourth-order valence-electron chi connectivity index (χ4n) is 2.10. The molecule has 0 aliphatic carbocycles. The van der Waals surface area contributed by atoms with Gasteiger partial charge in [-0.25, -0.2) is 9.78 Å². The molecule has 1 heterocycles. The van der Waals surface area contributed by atoms with Crippen molar-refractivity contribution in [3.05, 3.63) is 40.9 Å². The first-order valence-electron chi connectivity index (χ1n) is 8.53. The number of halogens is 3. The Morgan fingerprint density at radius 3 is 2.45 bits per heavy atom. The molecule has 2 rings (SSSR count). The summed E-state index contributed by atoms with van der Waals surface area (Å²) in [6, 6.07) is 5.79. The summed E-state index contributed by atoms with van der Waals surface area (Å²) in [6.07, 6.45) is -5.78. The summed E-state index contributed by atoms with van der Waals surface area (Å²) in [7, 11) is 0. The number of carbonyl (C=O) groups excluding carboxylic acids is 2. The molecule has 0 bridgehead atoms. The molecule has 0 unspecified atom stereocenters. The molecule has 11 heteroatoms. The molecule has 0 saturated carbocycles. The second-order valence-corrected chi connectivity index (χ2v) is 6.34. The molecule has 2 aromatic rings. The van der Waals surface area contributed by atoms with E-state index in [0.29, 0.717) is 12.4 Å². The van der Waals surface area contributed by atoms with E-state index in [4.69, 9.17) is 9.47 Å². The van der Waals surface area contributed by atoms with Gasteiger partial charge in [-0.2, -0.15) is 18.3 Å². The van der Waals surface area contributed by atoms with Crippen LogP contribution in [0.1, 0.15) is 41.1 Å². The zero-order chi connectivity index (χ0) is 21.4. The first-order valence-corrected chi connectivity index (χ1v) is 9.41. The third kappa shape index (κ3) is 6.56. The molecule has 7 nitrogen and oxygen atoms in total. The normalized spacial score (nSPS) is 11.8. The highest BCUT2D eigenvalue weighted by molar-refractivity contribution is 7.13. The zero-order valence-electron chi connectivity index (χ0n) is 15.6. The second-order valence-electron chi connectivity index (χ2n) is 5.48. The Morgan fingerprint density at radius 2 is 1.86 bits per heavy atom. The number of hydrogen-bond donors (Lipinski definition) is 1. The highest BCUT2D eigenvalue weighted by Gasteiger charge is 2.37. The quantitative estimate of drug-likeness (QED) is 0.276. The van der Waals surface area contributed by atoms with Gasteiger partial charge in [0.2, 0.25) is 5.13 Å². The molecule has 156 valence electrons. The number of thiazole rings is 1. The van der Waals surface area contributed by atoms with Crippen molar-refractivity contribution in [1.29, 1.82) is 0 Å². The number of ketones is 1. The third-order valence-electron chi connectivity index (χ3n) is 3.42. The largest absolute Gasteiger partial charge is 0.494 e. The van der Waals surface area contributed by atoms with E-state index in [1.807, 2.05) is 0 Å². The van der Waals surface area contributed by atoms with Gasteiger partial charge in [0.15, 0.2) is 11.5 Å². The standard InChI is InChI=1S/C18H18F3N3O4S/c1-3-27-12-7-5-11(6-8-12)14(25)9-15(18(19,20)21)23-24-17-22-13(10-29-17)16(26)28-4-2/h5-8,10H,3-4,9H2,1-2H3,(H,22,24)/b23-15+. The molecule has 0 saturated heterocycles. The molecule has 0 aliphatic rings. The monoisotopic (exact) mass is 429 g/mol. The number of ether oxygens (including phenoxy) is 2. The maximum atomic E-state index is 13.3. The summed E-state index contributed by atoms with van der Waals surface area (Å²) >= 11 is 0.882. The minimum absolute atomic E-state index is 0.0386. The van der Waals surface area contributed by atoms with E-state index in [0.717, 1.165) is 11.3 Å². The van der Waals surface area contributed by atoms with Crippen molar-refractivity contribution in [2.45, 2.75) is 26.4 Å². The van der Waals surface area contributed by atoms with Gasteiger partial charge in [-0.3, -0.25) is 10.2 Å². The average molecular weight is 429 g/mol. The van der Waals surface area contributed by atoms with Crippen molar-refractivity contribution in [3.8, 4) is 5.75 Å². The molecular formula is C18H18F3N3O4S. The minimum atomic E-state index is -4.82. The maximum absolute atomic E-state index is 13.3. The zero-order valence-corrected chi connectivity index (χ0v) is 16.4. The Bertz CT molecular complexity index is 879. The lowest BCUT2D eigenvalue weighted by molar-refractivity contribution is -0.0602. The number of anilines is 1.